The van der Waals surface area contributed by atoms with Crippen LogP contribution in [-0.4, -0.2) is 35.8 Å². The highest BCUT2D eigenvalue weighted by atomic mass is 19.4. The summed E-state index contributed by atoms with van der Waals surface area (Å²) in [4.78, 5) is 9.46. The second-order valence-electron chi connectivity index (χ2n) is 4.37. The molecule has 0 atom stereocenters. The van der Waals surface area contributed by atoms with Gasteiger partial charge in [0.2, 0.25) is 0 Å². The van der Waals surface area contributed by atoms with Crippen molar-refractivity contribution in [3.8, 4) is 0 Å². The van der Waals surface area contributed by atoms with E-state index in [4.69, 9.17) is 0 Å². The van der Waals surface area contributed by atoms with E-state index < -0.39 is 12.7 Å². The Hall–Kier alpha value is -1.37. The van der Waals surface area contributed by atoms with Crippen LogP contribution in [0.15, 0.2) is 12.4 Å². The van der Waals surface area contributed by atoms with E-state index in [1.807, 2.05) is 0 Å². The van der Waals surface area contributed by atoms with Crippen molar-refractivity contribution in [3.63, 3.8) is 0 Å². The van der Waals surface area contributed by atoms with Crippen molar-refractivity contribution < 1.29 is 13.2 Å². The minimum absolute atomic E-state index is 0.0502. The summed E-state index contributed by atoms with van der Waals surface area (Å²) in [6, 6.07) is -0.0502. The quantitative estimate of drug-likeness (QED) is 0.875. The second-order valence-corrected chi connectivity index (χ2v) is 4.37. The van der Waals surface area contributed by atoms with Crippen LogP contribution >= 0.6 is 0 Å². The van der Waals surface area contributed by atoms with E-state index in [0.717, 1.165) is 12.8 Å². The smallest absolute Gasteiger partial charge is 0.343 e. The molecule has 18 heavy (non-hydrogen) atoms. The van der Waals surface area contributed by atoms with E-state index in [0.29, 0.717) is 18.1 Å². The van der Waals surface area contributed by atoms with Crippen molar-refractivity contribution in [2.45, 2.75) is 31.6 Å². The van der Waals surface area contributed by atoms with E-state index >= 15 is 0 Å². The first-order valence-electron chi connectivity index (χ1n) is 5.78. The van der Waals surface area contributed by atoms with Crippen molar-refractivity contribution >= 4 is 5.82 Å². The molecule has 1 aliphatic carbocycles. The van der Waals surface area contributed by atoms with Gasteiger partial charge >= 0.3 is 6.18 Å². The molecule has 1 fully saturated rings. The summed E-state index contributed by atoms with van der Waals surface area (Å²) in [5.41, 5.74) is 0.642. The molecule has 0 bridgehead atoms. The zero-order valence-corrected chi connectivity index (χ0v) is 10.0. The Labute approximate surface area is 103 Å². The Balaban J connectivity index is 2.17. The number of nitrogens with zero attached hydrogens (tertiary/aromatic N) is 3. The lowest BCUT2D eigenvalue weighted by Gasteiger charge is -2.24. The van der Waals surface area contributed by atoms with Gasteiger partial charge in [0.25, 0.3) is 0 Å². The summed E-state index contributed by atoms with van der Waals surface area (Å²) in [5.74, 6) is 0.308. The predicted octanol–water partition coefficient (Wildman–Crippen LogP) is 1.73. The maximum atomic E-state index is 12.5. The highest BCUT2D eigenvalue weighted by Crippen LogP contribution is 2.33. The molecule has 1 aliphatic rings. The second kappa shape index (κ2) is 5.09. The minimum atomic E-state index is -4.22. The van der Waals surface area contributed by atoms with Crippen LogP contribution in [0.3, 0.4) is 0 Å². The predicted molar refractivity (Wildman–Crippen MR) is 61.2 cm³/mol. The Morgan fingerprint density at radius 1 is 1.39 bits per heavy atom. The van der Waals surface area contributed by atoms with Gasteiger partial charge in [-0.15, -0.1) is 0 Å². The molecule has 1 heterocycles. The van der Waals surface area contributed by atoms with Crippen LogP contribution in [0.5, 0.6) is 0 Å². The molecule has 0 amide bonds. The molecule has 0 aromatic carbocycles. The molecule has 1 saturated carbocycles. The molecule has 0 aliphatic heterocycles. The summed E-state index contributed by atoms with van der Waals surface area (Å²) in [6.45, 7) is -0.472. The molecule has 7 heteroatoms. The number of hydrogen-bond donors (Lipinski definition) is 1. The molecule has 1 aromatic rings. The number of alkyl halides is 3. The number of rotatable bonds is 5. The van der Waals surface area contributed by atoms with Crippen molar-refractivity contribution in [1.29, 1.82) is 0 Å². The van der Waals surface area contributed by atoms with Gasteiger partial charge in [0.15, 0.2) is 0 Å². The summed E-state index contributed by atoms with van der Waals surface area (Å²) in [5, 5.41) is 2.90. The highest BCUT2D eigenvalue weighted by Gasteiger charge is 2.38. The maximum absolute atomic E-state index is 12.5. The van der Waals surface area contributed by atoms with Gasteiger partial charge in [-0.25, -0.2) is 4.98 Å². The molecule has 0 unspecified atom stereocenters. The third-order valence-corrected chi connectivity index (χ3v) is 2.66. The fraction of sp³-hybridized carbons (Fsp3) is 0.636. The third-order valence-electron chi connectivity index (χ3n) is 2.66. The summed E-state index contributed by atoms with van der Waals surface area (Å²) in [6.07, 6.45) is 0.299. The highest BCUT2D eigenvalue weighted by molar-refractivity contribution is 5.40. The maximum Gasteiger partial charge on any atom is 0.405 e. The van der Waals surface area contributed by atoms with Crippen LogP contribution in [0.1, 0.15) is 18.5 Å². The SMILES string of the molecule is CNCc1cncc(N(CC(F)(F)F)C2CC2)n1. The fourth-order valence-electron chi connectivity index (χ4n) is 1.78. The van der Waals surface area contributed by atoms with Gasteiger partial charge in [0.05, 0.1) is 11.9 Å². The first kappa shape index (κ1) is 13.1. The van der Waals surface area contributed by atoms with Crippen LogP contribution in [0.4, 0.5) is 19.0 Å². The first-order chi connectivity index (χ1) is 8.49. The molecule has 2 rings (SSSR count). The lowest BCUT2D eigenvalue weighted by Crippen LogP contribution is -2.36. The largest absolute Gasteiger partial charge is 0.405 e. The van der Waals surface area contributed by atoms with Gasteiger partial charge in [0.1, 0.15) is 12.4 Å². The third kappa shape index (κ3) is 3.56. The normalized spacial score (nSPS) is 15.8. The Bertz CT molecular complexity index is 404. The van der Waals surface area contributed by atoms with Crippen molar-refractivity contribution in [3.05, 3.63) is 18.1 Å². The van der Waals surface area contributed by atoms with Crippen LogP contribution in [0, 0.1) is 0 Å². The van der Waals surface area contributed by atoms with E-state index in [1.54, 1.807) is 13.2 Å². The van der Waals surface area contributed by atoms with Gasteiger partial charge in [-0.1, -0.05) is 0 Å². The van der Waals surface area contributed by atoms with E-state index in [2.05, 4.69) is 15.3 Å². The average Bonchev–Trinajstić information content (AvgIpc) is 3.09. The van der Waals surface area contributed by atoms with Gasteiger partial charge in [-0.3, -0.25) is 4.98 Å². The minimum Gasteiger partial charge on any atom is -0.343 e. The van der Waals surface area contributed by atoms with Crippen LogP contribution in [0.25, 0.3) is 0 Å². The lowest BCUT2D eigenvalue weighted by atomic mass is 10.4. The molecule has 1 N–H and O–H groups in total. The molecular weight excluding hydrogens is 245 g/mol. The molecule has 0 radical (unpaired) electrons. The summed E-state index contributed by atoms with van der Waals surface area (Å²) in [7, 11) is 1.75. The van der Waals surface area contributed by atoms with Crippen molar-refractivity contribution in [2.24, 2.45) is 0 Å². The fourth-order valence-corrected chi connectivity index (χ4v) is 1.78. The van der Waals surface area contributed by atoms with Gasteiger partial charge < -0.3 is 10.2 Å². The first-order valence-corrected chi connectivity index (χ1v) is 5.78. The lowest BCUT2D eigenvalue weighted by molar-refractivity contribution is -0.120. The standard InChI is InChI=1S/C11H15F3N4/c1-15-4-8-5-16-6-10(17-8)18(9-2-3-9)7-11(12,13)14/h5-6,9,15H,2-4,7H2,1H3. The molecule has 0 spiro atoms. The molecule has 4 nitrogen and oxygen atoms in total. The Morgan fingerprint density at radius 2 is 2.11 bits per heavy atom. The monoisotopic (exact) mass is 260 g/mol. The number of aromatic nitrogens is 2. The van der Waals surface area contributed by atoms with E-state index in [-0.39, 0.29) is 6.04 Å². The molecule has 1 aromatic heterocycles. The van der Waals surface area contributed by atoms with Gasteiger partial charge in [0, 0.05) is 18.8 Å². The summed E-state index contributed by atoms with van der Waals surface area (Å²) >= 11 is 0. The Morgan fingerprint density at radius 3 is 2.67 bits per heavy atom. The van der Waals surface area contributed by atoms with Gasteiger partial charge in [-0.05, 0) is 19.9 Å². The zero-order chi connectivity index (χ0) is 13.2. The number of anilines is 1. The van der Waals surface area contributed by atoms with Crippen LogP contribution < -0.4 is 10.2 Å². The van der Waals surface area contributed by atoms with Crippen LogP contribution in [-0.2, 0) is 6.54 Å². The molecule has 100 valence electrons. The topological polar surface area (TPSA) is 41.1 Å². The number of hydrogen-bond acceptors (Lipinski definition) is 4. The zero-order valence-electron chi connectivity index (χ0n) is 10.0. The molecular formula is C11H15F3N4. The molecule has 0 saturated heterocycles. The average molecular weight is 260 g/mol. The van der Waals surface area contributed by atoms with Gasteiger partial charge in [-0.2, -0.15) is 13.2 Å². The van der Waals surface area contributed by atoms with Crippen molar-refractivity contribution in [2.75, 3.05) is 18.5 Å². The number of halogens is 3. The van der Waals surface area contributed by atoms with E-state index in [1.165, 1.54) is 11.1 Å². The van der Waals surface area contributed by atoms with E-state index in [9.17, 15) is 13.2 Å². The number of nitrogens with one attached hydrogen (secondary N) is 1. The van der Waals surface area contributed by atoms with Crippen molar-refractivity contribution in [1.82, 2.24) is 15.3 Å². The Kier molecular flexibility index (Phi) is 3.70. The van der Waals surface area contributed by atoms with Crippen LogP contribution in [0.2, 0.25) is 0 Å². The summed E-state index contributed by atoms with van der Waals surface area (Å²) < 4.78 is 37.6.